The molecule has 0 aliphatic carbocycles. The molecule has 0 N–H and O–H groups in total. The van der Waals surface area contributed by atoms with Gasteiger partial charge < -0.3 is 0 Å². The number of aromatic nitrogens is 1. The molecule has 1 atom stereocenters. The molecular formula is C19H24N2S. The minimum atomic E-state index is 0.508. The molecule has 0 amide bonds. The van der Waals surface area contributed by atoms with E-state index in [2.05, 4.69) is 66.2 Å². The van der Waals surface area contributed by atoms with E-state index in [1.165, 1.54) is 36.3 Å². The molecule has 1 aliphatic rings. The van der Waals surface area contributed by atoms with Gasteiger partial charge in [-0.1, -0.05) is 42.4 Å². The summed E-state index contributed by atoms with van der Waals surface area (Å²) in [4.78, 5) is 8.57. The molecule has 1 fully saturated rings. The van der Waals surface area contributed by atoms with Crippen molar-refractivity contribution < 1.29 is 0 Å². The van der Waals surface area contributed by atoms with Gasteiger partial charge >= 0.3 is 0 Å². The maximum Gasteiger partial charge on any atom is 0.105 e. The van der Waals surface area contributed by atoms with Crippen molar-refractivity contribution in [2.45, 2.75) is 55.1 Å². The Morgan fingerprint density at radius 3 is 2.68 bits per heavy atom. The molecule has 3 rings (SSSR count). The Hall–Kier alpha value is -1.32. The average Bonchev–Trinajstić information content (AvgIpc) is 2.56. The monoisotopic (exact) mass is 312 g/mol. The van der Waals surface area contributed by atoms with Gasteiger partial charge in [0.15, 0.2) is 0 Å². The summed E-state index contributed by atoms with van der Waals surface area (Å²) < 4.78 is 0. The Kier molecular flexibility index (Phi) is 5.16. The van der Waals surface area contributed by atoms with Gasteiger partial charge in [0.05, 0.1) is 0 Å². The van der Waals surface area contributed by atoms with Gasteiger partial charge in [-0.2, -0.15) is 0 Å². The molecule has 2 nitrogen and oxygen atoms in total. The van der Waals surface area contributed by atoms with Gasteiger partial charge in [0.25, 0.3) is 0 Å². The molecule has 0 saturated carbocycles. The average molecular weight is 312 g/mol. The third kappa shape index (κ3) is 3.53. The standard InChI is InChI=1S/C19H24N2S/c1-15(2)21-14-7-6-12-18(21)17-11-8-13-20-19(17)22-16-9-4-3-5-10-16/h3-5,8-11,13,15,18H,6-7,12,14H2,1-2H3/t18-/m1/s1. The summed E-state index contributed by atoms with van der Waals surface area (Å²) in [5.74, 6) is 0. The molecule has 1 aliphatic heterocycles. The van der Waals surface area contributed by atoms with Gasteiger partial charge in [0.2, 0.25) is 0 Å². The zero-order valence-corrected chi connectivity index (χ0v) is 14.2. The third-order valence-corrected chi connectivity index (χ3v) is 5.37. The Morgan fingerprint density at radius 1 is 1.09 bits per heavy atom. The van der Waals surface area contributed by atoms with Crippen molar-refractivity contribution in [3.05, 3.63) is 54.2 Å². The molecular weight excluding hydrogens is 288 g/mol. The lowest BCUT2D eigenvalue weighted by atomic mass is 9.95. The van der Waals surface area contributed by atoms with Gasteiger partial charge in [-0.25, -0.2) is 4.98 Å². The molecule has 0 unspecified atom stereocenters. The smallest absolute Gasteiger partial charge is 0.105 e. The van der Waals surface area contributed by atoms with E-state index in [-0.39, 0.29) is 0 Å². The molecule has 2 heterocycles. The van der Waals surface area contributed by atoms with Crippen LogP contribution in [0.4, 0.5) is 0 Å². The van der Waals surface area contributed by atoms with Gasteiger partial charge in [0, 0.05) is 28.7 Å². The van der Waals surface area contributed by atoms with Gasteiger partial charge in [-0.05, 0) is 51.4 Å². The molecule has 1 aromatic heterocycles. The second-order valence-corrected chi connectivity index (χ2v) is 7.22. The molecule has 1 saturated heterocycles. The van der Waals surface area contributed by atoms with Crippen LogP contribution >= 0.6 is 11.8 Å². The van der Waals surface area contributed by atoms with E-state index in [0.29, 0.717) is 12.1 Å². The van der Waals surface area contributed by atoms with E-state index < -0.39 is 0 Å². The molecule has 1 aromatic carbocycles. The van der Waals surface area contributed by atoms with Crippen molar-refractivity contribution in [2.24, 2.45) is 0 Å². The number of piperidine rings is 1. The molecule has 116 valence electrons. The minimum Gasteiger partial charge on any atom is -0.294 e. The zero-order valence-electron chi connectivity index (χ0n) is 13.4. The van der Waals surface area contributed by atoms with Crippen molar-refractivity contribution in [2.75, 3.05) is 6.54 Å². The van der Waals surface area contributed by atoms with Crippen molar-refractivity contribution in [3.63, 3.8) is 0 Å². The molecule has 0 bridgehead atoms. The number of nitrogens with zero attached hydrogens (tertiary/aromatic N) is 2. The molecule has 22 heavy (non-hydrogen) atoms. The zero-order chi connectivity index (χ0) is 15.4. The van der Waals surface area contributed by atoms with Crippen LogP contribution in [0.2, 0.25) is 0 Å². The van der Waals surface area contributed by atoms with E-state index in [1.807, 2.05) is 6.20 Å². The number of benzene rings is 1. The lowest BCUT2D eigenvalue weighted by Crippen LogP contribution is -2.38. The Balaban J connectivity index is 1.90. The number of likely N-dealkylation sites (tertiary alicyclic amines) is 1. The molecule has 3 heteroatoms. The largest absolute Gasteiger partial charge is 0.294 e. The number of rotatable bonds is 4. The predicted molar refractivity (Wildman–Crippen MR) is 93.2 cm³/mol. The first-order valence-electron chi connectivity index (χ1n) is 8.19. The summed E-state index contributed by atoms with van der Waals surface area (Å²) in [6.45, 7) is 5.81. The molecule has 0 radical (unpaired) electrons. The van der Waals surface area contributed by atoms with Crippen molar-refractivity contribution in [3.8, 4) is 0 Å². The minimum absolute atomic E-state index is 0.508. The lowest BCUT2D eigenvalue weighted by Gasteiger charge is -2.39. The summed E-state index contributed by atoms with van der Waals surface area (Å²) in [5.41, 5.74) is 1.39. The summed E-state index contributed by atoms with van der Waals surface area (Å²) in [7, 11) is 0. The quantitative estimate of drug-likeness (QED) is 0.775. The van der Waals surface area contributed by atoms with Crippen LogP contribution in [0, 0.1) is 0 Å². The second-order valence-electron chi connectivity index (χ2n) is 6.16. The summed E-state index contributed by atoms with van der Waals surface area (Å²) >= 11 is 1.78. The lowest BCUT2D eigenvalue weighted by molar-refractivity contribution is 0.110. The van der Waals surface area contributed by atoms with Gasteiger partial charge in [-0.3, -0.25) is 4.90 Å². The fourth-order valence-corrected chi connectivity index (χ4v) is 4.20. The van der Waals surface area contributed by atoms with Gasteiger partial charge in [0.1, 0.15) is 5.03 Å². The Morgan fingerprint density at radius 2 is 1.91 bits per heavy atom. The first-order valence-corrected chi connectivity index (χ1v) is 9.01. The van der Waals surface area contributed by atoms with E-state index in [9.17, 15) is 0 Å². The van der Waals surface area contributed by atoms with Crippen LogP contribution in [-0.4, -0.2) is 22.5 Å². The highest BCUT2D eigenvalue weighted by atomic mass is 32.2. The third-order valence-electron chi connectivity index (χ3n) is 4.32. The maximum absolute atomic E-state index is 4.68. The first kappa shape index (κ1) is 15.6. The Bertz CT molecular complexity index is 597. The summed E-state index contributed by atoms with van der Waals surface area (Å²) in [6, 6.07) is 16.0. The Labute approximate surface area is 138 Å². The predicted octanol–water partition coefficient (Wildman–Crippen LogP) is 5.17. The SMILES string of the molecule is CC(C)N1CCCC[C@@H]1c1cccnc1Sc1ccccc1. The van der Waals surface area contributed by atoms with Crippen LogP contribution in [0.3, 0.4) is 0 Å². The van der Waals surface area contributed by atoms with Gasteiger partial charge in [-0.15, -0.1) is 0 Å². The molecule has 2 aromatic rings. The number of hydrogen-bond acceptors (Lipinski definition) is 3. The van der Waals surface area contributed by atoms with Crippen LogP contribution in [0.1, 0.15) is 44.7 Å². The number of pyridine rings is 1. The maximum atomic E-state index is 4.68. The van der Waals surface area contributed by atoms with Crippen LogP contribution in [-0.2, 0) is 0 Å². The molecule has 0 spiro atoms. The summed E-state index contributed by atoms with van der Waals surface area (Å²) in [5, 5.41) is 1.16. The number of hydrogen-bond donors (Lipinski definition) is 0. The van der Waals surface area contributed by atoms with Crippen LogP contribution < -0.4 is 0 Å². The normalized spacial score (nSPS) is 19.5. The topological polar surface area (TPSA) is 16.1 Å². The summed E-state index contributed by atoms with van der Waals surface area (Å²) in [6.07, 6.45) is 5.79. The first-order chi connectivity index (χ1) is 10.8. The highest BCUT2D eigenvalue weighted by Crippen LogP contribution is 2.38. The second kappa shape index (κ2) is 7.30. The fourth-order valence-electron chi connectivity index (χ4n) is 3.25. The highest BCUT2D eigenvalue weighted by Gasteiger charge is 2.28. The van der Waals surface area contributed by atoms with Crippen LogP contribution in [0.25, 0.3) is 0 Å². The van der Waals surface area contributed by atoms with E-state index in [4.69, 9.17) is 0 Å². The van der Waals surface area contributed by atoms with Crippen LogP contribution in [0.15, 0.2) is 58.6 Å². The van der Waals surface area contributed by atoms with E-state index in [0.717, 1.165) is 5.03 Å². The highest BCUT2D eigenvalue weighted by molar-refractivity contribution is 7.99. The van der Waals surface area contributed by atoms with E-state index in [1.54, 1.807) is 11.8 Å². The van der Waals surface area contributed by atoms with Crippen LogP contribution in [0.5, 0.6) is 0 Å². The van der Waals surface area contributed by atoms with Crippen molar-refractivity contribution in [1.29, 1.82) is 0 Å². The fraction of sp³-hybridized carbons (Fsp3) is 0.421. The van der Waals surface area contributed by atoms with E-state index >= 15 is 0 Å². The van der Waals surface area contributed by atoms with Crippen molar-refractivity contribution >= 4 is 11.8 Å². The van der Waals surface area contributed by atoms with Crippen molar-refractivity contribution in [1.82, 2.24) is 9.88 Å².